The van der Waals surface area contributed by atoms with Crippen molar-refractivity contribution in [1.29, 1.82) is 0 Å². The predicted octanol–water partition coefficient (Wildman–Crippen LogP) is 6.38. The van der Waals surface area contributed by atoms with Gasteiger partial charge in [0, 0.05) is 5.40 Å². The molecule has 0 aromatic heterocycles. The van der Waals surface area contributed by atoms with E-state index in [1.54, 1.807) is 0 Å². The average molecular weight is 426 g/mol. The van der Waals surface area contributed by atoms with E-state index in [1.807, 2.05) is 0 Å². The molecular formula is C28H28P2. The van der Waals surface area contributed by atoms with Crippen LogP contribution in [0.15, 0.2) is 121 Å². The van der Waals surface area contributed by atoms with Crippen molar-refractivity contribution in [3.05, 3.63) is 121 Å². The molecule has 0 heterocycles. The van der Waals surface area contributed by atoms with Crippen molar-refractivity contribution in [3.8, 4) is 0 Å². The highest BCUT2D eigenvalue weighted by atomic mass is 31.2. The van der Waals surface area contributed by atoms with Gasteiger partial charge >= 0.3 is 0 Å². The van der Waals surface area contributed by atoms with E-state index in [2.05, 4.69) is 128 Å². The van der Waals surface area contributed by atoms with Crippen molar-refractivity contribution in [2.24, 2.45) is 0 Å². The fraction of sp³-hybridized carbons (Fsp3) is 0.143. The maximum absolute atomic E-state index is 2.34. The van der Waals surface area contributed by atoms with Crippen LogP contribution in [0.3, 0.4) is 0 Å². The van der Waals surface area contributed by atoms with Gasteiger partial charge in [-0.15, -0.1) is 0 Å². The van der Waals surface area contributed by atoms with Crippen molar-refractivity contribution >= 4 is 37.1 Å². The van der Waals surface area contributed by atoms with Gasteiger partial charge < -0.3 is 0 Å². The molecule has 2 heteroatoms. The highest BCUT2D eigenvalue weighted by Gasteiger charge is 2.32. The summed E-state index contributed by atoms with van der Waals surface area (Å²) in [5.41, 5.74) is 0. The van der Waals surface area contributed by atoms with E-state index in [0.29, 0.717) is 5.40 Å². The summed E-state index contributed by atoms with van der Waals surface area (Å²) in [5.74, 6) is 0. The van der Waals surface area contributed by atoms with Crippen molar-refractivity contribution in [2.75, 3.05) is 0 Å². The lowest BCUT2D eigenvalue weighted by atomic mass is 10.4. The summed E-state index contributed by atoms with van der Waals surface area (Å²) in [6, 6.07) is 44.8. The summed E-state index contributed by atoms with van der Waals surface area (Å²) in [5, 5.41) is 6.52. The van der Waals surface area contributed by atoms with Gasteiger partial charge in [-0.3, -0.25) is 0 Å². The normalized spacial score (nSPS) is 11.3. The van der Waals surface area contributed by atoms with Crippen LogP contribution in [0.4, 0.5) is 0 Å². The molecule has 150 valence electrons. The predicted molar refractivity (Wildman–Crippen MR) is 137 cm³/mol. The molecule has 4 aromatic carbocycles. The van der Waals surface area contributed by atoms with E-state index in [-0.39, 0.29) is 0 Å². The maximum Gasteiger partial charge on any atom is 0.0154 e. The lowest BCUT2D eigenvalue weighted by molar-refractivity contribution is 0.863. The summed E-state index contributed by atoms with van der Waals surface area (Å²) in [4.78, 5) is 0. The molecule has 0 radical (unpaired) electrons. The number of hydrogen-bond acceptors (Lipinski definition) is 0. The van der Waals surface area contributed by atoms with Gasteiger partial charge in [0.1, 0.15) is 0 Å². The van der Waals surface area contributed by atoms with Crippen LogP contribution in [0.1, 0.15) is 19.8 Å². The van der Waals surface area contributed by atoms with Crippen molar-refractivity contribution in [1.82, 2.24) is 0 Å². The highest BCUT2D eigenvalue weighted by molar-refractivity contribution is 7.89. The molecule has 4 rings (SSSR count). The lowest BCUT2D eigenvalue weighted by Crippen LogP contribution is -2.27. The van der Waals surface area contributed by atoms with Crippen LogP contribution in [0.2, 0.25) is 0 Å². The molecule has 4 aromatic rings. The molecule has 0 atom stereocenters. The Kier molecular flexibility index (Phi) is 7.47. The first-order valence-electron chi connectivity index (χ1n) is 10.7. The largest absolute Gasteiger partial charge is 0.0653 e. The van der Waals surface area contributed by atoms with E-state index >= 15 is 0 Å². The van der Waals surface area contributed by atoms with Crippen LogP contribution in [0, 0.1) is 0 Å². The summed E-state index contributed by atoms with van der Waals surface area (Å²) in [6.45, 7) is 2.33. The molecular weight excluding hydrogens is 398 g/mol. The quantitative estimate of drug-likeness (QED) is 0.287. The third kappa shape index (κ3) is 4.89. The molecule has 0 unspecified atom stereocenters. The van der Waals surface area contributed by atoms with E-state index in [0.717, 1.165) is 0 Å². The van der Waals surface area contributed by atoms with Crippen molar-refractivity contribution in [3.63, 3.8) is 0 Å². The Balaban J connectivity index is 1.89. The fourth-order valence-corrected chi connectivity index (χ4v) is 11.5. The molecule has 0 aliphatic carbocycles. The molecule has 0 aliphatic rings. The second kappa shape index (κ2) is 10.7. The second-order valence-electron chi connectivity index (χ2n) is 7.35. The molecule has 0 amide bonds. The summed E-state index contributed by atoms with van der Waals surface area (Å²) in [7, 11) is -0.956. The minimum absolute atomic E-state index is 0.478. The van der Waals surface area contributed by atoms with Crippen LogP contribution in [0.25, 0.3) is 0 Å². The third-order valence-electron chi connectivity index (χ3n) is 5.28. The maximum atomic E-state index is 2.34. The van der Waals surface area contributed by atoms with Crippen LogP contribution >= 0.6 is 15.8 Å². The molecule has 0 saturated heterocycles. The number of rotatable bonds is 8. The standard InChI is InChI=1S/C28H28P2/c1-2-15-28(29(24-16-7-3-8-17-24)25-18-9-4-10-19-25)30(26-20-11-5-12-21-26)27-22-13-6-14-23-27/h3-14,16-23,28H,2,15H2,1H3. The molecule has 0 fully saturated rings. The molecule has 0 saturated carbocycles. The van der Waals surface area contributed by atoms with Gasteiger partial charge in [-0.05, 0) is 43.5 Å². The molecule has 0 bridgehead atoms. The third-order valence-corrected chi connectivity index (χ3v) is 11.8. The topological polar surface area (TPSA) is 0 Å². The van der Waals surface area contributed by atoms with Gasteiger partial charge in [0.2, 0.25) is 0 Å². The second-order valence-corrected chi connectivity index (χ2v) is 12.6. The van der Waals surface area contributed by atoms with Crippen molar-refractivity contribution in [2.45, 2.75) is 25.2 Å². The van der Waals surface area contributed by atoms with E-state index < -0.39 is 15.8 Å². The van der Waals surface area contributed by atoms with Crippen LogP contribution in [0.5, 0.6) is 0 Å². The van der Waals surface area contributed by atoms with Crippen LogP contribution in [-0.2, 0) is 0 Å². The molecule has 0 N–H and O–H groups in total. The molecule has 0 spiro atoms. The first-order chi connectivity index (χ1) is 14.9. The Hall–Kier alpha value is -2.26. The van der Waals surface area contributed by atoms with E-state index in [4.69, 9.17) is 0 Å². The number of hydrogen-bond donors (Lipinski definition) is 0. The zero-order chi connectivity index (χ0) is 20.6. The van der Waals surface area contributed by atoms with E-state index in [9.17, 15) is 0 Å². The molecule has 30 heavy (non-hydrogen) atoms. The summed E-state index contributed by atoms with van der Waals surface area (Å²) >= 11 is 0. The smallest absolute Gasteiger partial charge is 0.0154 e. The van der Waals surface area contributed by atoms with E-state index in [1.165, 1.54) is 34.1 Å². The summed E-state index contributed by atoms with van der Waals surface area (Å²) < 4.78 is 0. The Bertz CT molecular complexity index is 839. The number of benzene rings is 4. The Morgan fingerprint density at radius 2 is 0.733 bits per heavy atom. The van der Waals surface area contributed by atoms with Gasteiger partial charge in [-0.2, -0.15) is 0 Å². The van der Waals surface area contributed by atoms with Gasteiger partial charge in [0.25, 0.3) is 0 Å². The first-order valence-corrected chi connectivity index (χ1v) is 13.5. The van der Waals surface area contributed by atoms with Gasteiger partial charge in [0.05, 0.1) is 0 Å². The molecule has 0 aliphatic heterocycles. The van der Waals surface area contributed by atoms with Crippen molar-refractivity contribution < 1.29 is 0 Å². The highest BCUT2D eigenvalue weighted by Crippen LogP contribution is 2.57. The molecule has 0 nitrogen and oxygen atoms in total. The average Bonchev–Trinajstić information content (AvgIpc) is 2.82. The van der Waals surface area contributed by atoms with Gasteiger partial charge in [-0.25, -0.2) is 0 Å². The SMILES string of the molecule is CCCC(P(c1ccccc1)c1ccccc1)P(c1ccccc1)c1ccccc1. The first kappa shape index (κ1) is 21.0. The minimum atomic E-state index is -0.478. The zero-order valence-corrected chi connectivity index (χ0v) is 19.2. The van der Waals surface area contributed by atoms with Crippen LogP contribution < -0.4 is 21.2 Å². The summed E-state index contributed by atoms with van der Waals surface area (Å²) in [6.07, 6.45) is 2.42. The minimum Gasteiger partial charge on any atom is -0.0653 e. The van der Waals surface area contributed by atoms with Gasteiger partial charge in [-0.1, -0.05) is 135 Å². The van der Waals surface area contributed by atoms with Gasteiger partial charge in [0.15, 0.2) is 0 Å². The Morgan fingerprint density at radius 3 is 0.967 bits per heavy atom. The zero-order valence-electron chi connectivity index (χ0n) is 17.4. The Morgan fingerprint density at radius 1 is 0.467 bits per heavy atom. The fourth-order valence-electron chi connectivity index (χ4n) is 3.97. The lowest BCUT2D eigenvalue weighted by Gasteiger charge is -2.36. The Labute approximate surface area is 183 Å². The monoisotopic (exact) mass is 426 g/mol. The van der Waals surface area contributed by atoms with Crippen LogP contribution in [-0.4, -0.2) is 5.40 Å².